The first-order chi connectivity index (χ1) is 14.4. The van der Waals surface area contributed by atoms with Crippen LogP contribution in [0.15, 0.2) is 83.8 Å². The monoisotopic (exact) mass is 423 g/mol. The summed E-state index contributed by atoms with van der Waals surface area (Å²) in [6, 6.07) is 23.2. The molecule has 0 heterocycles. The Balaban J connectivity index is 1.95. The highest BCUT2D eigenvalue weighted by Crippen LogP contribution is 2.27. The zero-order valence-corrected chi connectivity index (χ0v) is 17.9. The summed E-state index contributed by atoms with van der Waals surface area (Å²) in [6.07, 6.45) is 0.150. The molecule has 0 N–H and O–H groups in total. The van der Waals surface area contributed by atoms with Crippen LogP contribution >= 0.6 is 0 Å². The molecule has 3 aromatic carbocycles. The van der Waals surface area contributed by atoms with E-state index in [1.807, 2.05) is 37.3 Å². The van der Waals surface area contributed by atoms with Crippen LogP contribution in [0.1, 0.15) is 23.6 Å². The molecule has 0 aliphatic carbocycles. The third-order valence-corrected chi connectivity index (χ3v) is 6.44. The second-order valence-corrected chi connectivity index (χ2v) is 8.82. The molecule has 0 aromatic heterocycles. The van der Waals surface area contributed by atoms with Gasteiger partial charge in [0.1, 0.15) is 0 Å². The van der Waals surface area contributed by atoms with Crippen LogP contribution in [-0.4, -0.2) is 21.0 Å². The summed E-state index contributed by atoms with van der Waals surface area (Å²) < 4.78 is 33.3. The Kier molecular flexibility index (Phi) is 6.90. The van der Waals surface area contributed by atoms with Gasteiger partial charge in [-0.15, -0.1) is 0 Å². The van der Waals surface area contributed by atoms with E-state index in [1.165, 1.54) is 4.31 Å². The van der Waals surface area contributed by atoms with E-state index in [4.69, 9.17) is 4.74 Å². The number of esters is 1. The molecule has 0 saturated carbocycles. The Bertz CT molecular complexity index is 1080. The summed E-state index contributed by atoms with van der Waals surface area (Å²) in [7, 11) is -3.77. The molecule has 0 fully saturated rings. The highest BCUT2D eigenvalue weighted by molar-refractivity contribution is 7.92. The number of nitrogens with zero attached hydrogens (tertiary/aromatic N) is 1. The van der Waals surface area contributed by atoms with Crippen molar-refractivity contribution in [2.45, 2.75) is 31.7 Å². The van der Waals surface area contributed by atoms with Gasteiger partial charge >= 0.3 is 5.97 Å². The van der Waals surface area contributed by atoms with Gasteiger partial charge in [-0.25, -0.2) is 8.42 Å². The van der Waals surface area contributed by atoms with Crippen LogP contribution < -0.4 is 4.31 Å². The number of aryl methyl sites for hydroxylation is 1. The predicted molar refractivity (Wildman–Crippen MR) is 118 cm³/mol. The van der Waals surface area contributed by atoms with E-state index in [-0.39, 0.29) is 23.8 Å². The largest absolute Gasteiger partial charge is 0.466 e. The molecule has 0 radical (unpaired) electrons. The van der Waals surface area contributed by atoms with E-state index in [2.05, 4.69) is 0 Å². The van der Waals surface area contributed by atoms with E-state index >= 15 is 0 Å². The fourth-order valence-corrected chi connectivity index (χ4v) is 4.51. The van der Waals surface area contributed by atoms with Crippen LogP contribution in [0.2, 0.25) is 0 Å². The fourth-order valence-electron chi connectivity index (χ4n) is 3.06. The first kappa shape index (κ1) is 21.6. The van der Waals surface area contributed by atoms with E-state index in [9.17, 15) is 13.2 Å². The maximum atomic E-state index is 13.4. The summed E-state index contributed by atoms with van der Waals surface area (Å²) in [4.78, 5) is 12.0. The Labute approximate surface area is 178 Å². The quantitative estimate of drug-likeness (QED) is 0.501. The molecule has 0 unspecified atom stereocenters. The van der Waals surface area contributed by atoms with Crippen LogP contribution in [0.4, 0.5) is 5.69 Å². The lowest BCUT2D eigenvalue weighted by Crippen LogP contribution is -2.30. The van der Waals surface area contributed by atoms with E-state index in [0.717, 1.165) is 16.7 Å². The molecule has 0 saturated heterocycles. The maximum absolute atomic E-state index is 13.4. The SMILES string of the molecule is CCOC(=O)Cc1ccc(N(Cc2ccccc2)S(=O)(=O)c2ccc(C)cc2)cc1. The number of ether oxygens (including phenoxy) is 1. The summed E-state index contributed by atoms with van der Waals surface area (Å²) in [5.41, 5.74) is 3.17. The van der Waals surface area contributed by atoms with Crippen molar-refractivity contribution in [3.8, 4) is 0 Å². The predicted octanol–water partition coefficient (Wildman–Crippen LogP) is 4.50. The number of carbonyl (C=O) groups is 1. The van der Waals surface area contributed by atoms with Crippen molar-refractivity contribution in [1.82, 2.24) is 0 Å². The minimum absolute atomic E-state index is 0.150. The van der Waals surface area contributed by atoms with Crippen molar-refractivity contribution < 1.29 is 17.9 Å². The molecular weight excluding hydrogens is 398 g/mol. The average molecular weight is 424 g/mol. The topological polar surface area (TPSA) is 63.7 Å². The van der Waals surface area contributed by atoms with Crippen LogP contribution in [0.25, 0.3) is 0 Å². The van der Waals surface area contributed by atoms with Gasteiger partial charge in [0.2, 0.25) is 0 Å². The molecule has 0 aliphatic rings. The van der Waals surface area contributed by atoms with Crippen molar-refractivity contribution in [2.75, 3.05) is 10.9 Å². The van der Waals surface area contributed by atoms with Crippen molar-refractivity contribution in [3.63, 3.8) is 0 Å². The Morgan fingerprint density at radius 2 is 1.50 bits per heavy atom. The molecular formula is C24H25NO4S. The molecule has 30 heavy (non-hydrogen) atoms. The molecule has 0 atom stereocenters. The maximum Gasteiger partial charge on any atom is 0.310 e. The Morgan fingerprint density at radius 1 is 0.867 bits per heavy atom. The number of rotatable bonds is 8. The van der Waals surface area contributed by atoms with E-state index in [0.29, 0.717) is 12.3 Å². The van der Waals surface area contributed by atoms with E-state index in [1.54, 1.807) is 55.5 Å². The molecule has 156 valence electrons. The van der Waals surface area contributed by atoms with Gasteiger partial charge in [0, 0.05) is 0 Å². The number of anilines is 1. The van der Waals surface area contributed by atoms with E-state index < -0.39 is 10.0 Å². The van der Waals surface area contributed by atoms with Crippen molar-refractivity contribution in [3.05, 3.63) is 95.6 Å². The minimum Gasteiger partial charge on any atom is -0.466 e. The molecule has 0 bridgehead atoms. The van der Waals surface area contributed by atoms with Gasteiger partial charge in [-0.05, 0) is 49.2 Å². The lowest BCUT2D eigenvalue weighted by Gasteiger charge is -2.25. The minimum atomic E-state index is -3.77. The van der Waals surface area contributed by atoms with Crippen LogP contribution in [0, 0.1) is 6.92 Å². The van der Waals surface area contributed by atoms with Crippen LogP contribution in [0.3, 0.4) is 0 Å². The van der Waals surface area contributed by atoms with Crippen molar-refractivity contribution in [2.24, 2.45) is 0 Å². The summed E-state index contributed by atoms with van der Waals surface area (Å²) in [5, 5.41) is 0. The second kappa shape index (κ2) is 9.59. The highest BCUT2D eigenvalue weighted by Gasteiger charge is 2.25. The fraction of sp³-hybridized carbons (Fsp3) is 0.208. The molecule has 3 aromatic rings. The third kappa shape index (κ3) is 5.27. The molecule has 0 aliphatic heterocycles. The van der Waals surface area contributed by atoms with Gasteiger partial charge < -0.3 is 4.74 Å². The smallest absolute Gasteiger partial charge is 0.310 e. The summed E-state index contributed by atoms with van der Waals surface area (Å²) >= 11 is 0. The molecule has 3 rings (SSSR count). The molecule has 0 amide bonds. The van der Waals surface area contributed by atoms with Gasteiger partial charge in [0.15, 0.2) is 0 Å². The summed E-state index contributed by atoms with van der Waals surface area (Å²) in [6.45, 7) is 4.21. The number of hydrogen-bond acceptors (Lipinski definition) is 4. The number of carbonyl (C=O) groups excluding carboxylic acids is 1. The molecule has 6 heteroatoms. The van der Waals surface area contributed by atoms with Gasteiger partial charge in [-0.3, -0.25) is 9.10 Å². The van der Waals surface area contributed by atoms with Crippen LogP contribution in [-0.2, 0) is 32.5 Å². The van der Waals surface area contributed by atoms with Gasteiger partial charge in [-0.1, -0.05) is 60.2 Å². The molecule has 0 spiro atoms. The first-order valence-electron chi connectivity index (χ1n) is 9.78. The van der Waals surface area contributed by atoms with Gasteiger partial charge in [0.25, 0.3) is 10.0 Å². The average Bonchev–Trinajstić information content (AvgIpc) is 2.74. The number of hydrogen-bond donors (Lipinski definition) is 0. The lowest BCUT2D eigenvalue weighted by atomic mass is 10.1. The van der Waals surface area contributed by atoms with Crippen molar-refractivity contribution >= 4 is 21.7 Å². The Morgan fingerprint density at radius 3 is 2.10 bits per heavy atom. The lowest BCUT2D eigenvalue weighted by molar-refractivity contribution is -0.142. The van der Waals surface area contributed by atoms with Gasteiger partial charge in [0.05, 0.1) is 30.2 Å². The zero-order valence-electron chi connectivity index (χ0n) is 17.1. The first-order valence-corrected chi connectivity index (χ1v) is 11.2. The molecule has 5 nitrogen and oxygen atoms in total. The van der Waals surface area contributed by atoms with Crippen LogP contribution in [0.5, 0.6) is 0 Å². The Hall–Kier alpha value is -3.12. The third-order valence-electron chi connectivity index (χ3n) is 4.66. The van der Waals surface area contributed by atoms with Crippen molar-refractivity contribution in [1.29, 1.82) is 0 Å². The number of sulfonamides is 1. The normalized spacial score (nSPS) is 11.1. The standard InChI is InChI=1S/C24H25NO4S/c1-3-29-24(26)17-20-11-13-22(14-12-20)25(18-21-7-5-4-6-8-21)30(27,28)23-15-9-19(2)10-16-23/h4-16H,3,17-18H2,1-2H3. The zero-order chi connectivity index (χ0) is 21.6. The summed E-state index contributed by atoms with van der Waals surface area (Å²) in [5.74, 6) is -0.307. The highest BCUT2D eigenvalue weighted by atomic mass is 32.2. The number of benzene rings is 3. The second-order valence-electron chi connectivity index (χ2n) is 6.96. The van der Waals surface area contributed by atoms with Gasteiger partial charge in [-0.2, -0.15) is 0 Å².